The summed E-state index contributed by atoms with van der Waals surface area (Å²) in [6.45, 7) is 5.58. The van der Waals surface area contributed by atoms with Crippen LogP contribution in [0.1, 0.15) is 19.8 Å². The quantitative estimate of drug-likeness (QED) is 0.761. The van der Waals surface area contributed by atoms with Gasteiger partial charge in [0.05, 0.1) is 4.08 Å². The van der Waals surface area contributed by atoms with Gasteiger partial charge in [0.15, 0.2) is 5.12 Å². The minimum atomic E-state index is 0.215. The van der Waals surface area contributed by atoms with Crippen LogP contribution in [-0.2, 0) is 4.79 Å². The highest BCUT2D eigenvalue weighted by atomic mass is 32.2. The Morgan fingerprint density at radius 3 is 2.88 bits per heavy atom. The van der Waals surface area contributed by atoms with Crippen LogP contribution in [0.4, 0.5) is 0 Å². The predicted octanol–water partition coefficient (Wildman–Crippen LogP) is 3.72. The van der Waals surface area contributed by atoms with Crippen molar-refractivity contribution in [3.63, 3.8) is 0 Å². The molecule has 1 fully saturated rings. The van der Waals surface area contributed by atoms with Gasteiger partial charge < -0.3 is 0 Å². The van der Waals surface area contributed by atoms with Crippen LogP contribution >= 0.6 is 35.3 Å². The highest BCUT2D eigenvalue weighted by Crippen LogP contribution is 2.55. The largest absolute Gasteiger partial charge is 0.288 e. The third-order valence-corrected chi connectivity index (χ3v) is 7.46. The highest BCUT2D eigenvalue weighted by Gasteiger charge is 2.41. The van der Waals surface area contributed by atoms with Crippen molar-refractivity contribution in [1.82, 2.24) is 0 Å². The maximum atomic E-state index is 11.1. The van der Waals surface area contributed by atoms with Crippen LogP contribution in [0, 0.1) is 0 Å². The Hall–Kier alpha value is 0.200. The van der Waals surface area contributed by atoms with E-state index >= 15 is 0 Å². The molecule has 2 rings (SSSR count). The van der Waals surface area contributed by atoms with Crippen LogP contribution in [0.3, 0.4) is 0 Å². The van der Waals surface area contributed by atoms with E-state index in [1.165, 1.54) is 35.3 Å². The number of hydrogen-bond donors (Lipinski definition) is 0. The molecule has 88 valence electrons. The second-order valence-corrected chi connectivity index (χ2v) is 8.42. The summed E-state index contributed by atoms with van der Waals surface area (Å²) in [5.74, 6) is 2.47. The molecule has 16 heavy (non-hydrogen) atoms. The number of allylic oxidation sites excluding steroid dienone is 1. The molecule has 0 bridgehead atoms. The van der Waals surface area contributed by atoms with Crippen LogP contribution in [0.5, 0.6) is 0 Å². The number of carbonyl (C=O) groups is 1. The van der Waals surface area contributed by atoms with E-state index < -0.39 is 0 Å². The Balaban J connectivity index is 2.16. The molecule has 4 heteroatoms. The zero-order valence-corrected chi connectivity index (χ0v) is 11.9. The molecule has 1 aliphatic carbocycles. The summed E-state index contributed by atoms with van der Waals surface area (Å²) < 4.78 is 0.260. The van der Waals surface area contributed by atoms with E-state index in [0.717, 1.165) is 6.42 Å². The third kappa shape index (κ3) is 2.54. The number of rotatable bonds is 2. The van der Waals surface area contributed by atoms with Gasteiger partial charge in [0.2, 0.25) is 0 Å². The molecule has 0 N–H and O–H groups in total. The van der Waals surface area contributed by atoms with Crippen molar-refractivity contribution in [3.05, 3.63) is 24.3 Å². The maximum absolute atomic E-state index is 11.1. The average Bonchev–Trinajstić information content (AvgIpc) is 2.70. The summed E-state index contributed by atoms with van der Waals surface area (Å²) in [6, 6.07) is 0. The molecule has 0 aromatic heterocycles. The number of hydrogen-bond acceptors (Lipinski definition) is 4. The number of carbonyl (C=O) groups excluding carboxylic acids is 1. The van der Waals surface area contributed by atoms with Crippen molar-refractivity contribution in [2.45, 2.75) is 29.1 Å². The molecule has 1 atom stereocenters. The van der Waals surface area contributed by atoms with Gasteiger partial charge in [-0.25, -0.2) is 0 Å². The van der Waals surface area contributed by atoms with Crippen LogP contribution in [0.15, 0.2) is 24.3 Å². The van der Waals surface area contributed by atoms with E-state index in [4.69, 9.17) is 0 Å². The Morgan fingerprint density at radius 1 is 1.62 bits per heavy atom. The van der Waals surface area contributed by atoms with Gasteiger partial charge in [0.25, 0.3) is 0 Å². The Kier molecular flexibility index (Phi) is 4.14. The van der Waals surface area contributed by atoms with Gasteiger partial charge in [-0.05, 0) is 18.4 Å². The van der Waals surface area contributed by atoms with Crippen LogP contribution in [0.2, 0.25) is 0 Å². The van der Waals surface area contributed by atoms with Crippen LogP contribution < -0.4 is 0 Å². The molecule has 1 saturated heterocycles. The van der Waals surface area contributed by atoms with E-state index in [2.05, 4.69) is 12.7 Å². The Morgan fingerprint density at radius 2 is 2.31 bits per heavy atom. The zero-order chi connectivity index (χ0) is 11.6. The van der Waals surface area contributed by atoms with Gasteiger partial charge in [-0.15, -0.1) is 23.5 Å². The summed E-state index contributed by atoms with van der Waals surface area (Å²) >= 11 is 5.55. The van der Waals surface area contributed by atoms with Gasteiger partial charge in [-0.2, -0.15) is 0 Å². The minimum absolute atomic E-state index is 0.215. The standard InChI is InChI=1S/C12H16OS3/c1-3-10-8-11(16-9(2)13)4-5-12(10)14-6-7-15-12/h3,8,11H,1,4-7H2,2H3. The van der Waals surface area contributed by atoms with Crippen molar-refractivity contribution < 1.29 is 4.79 Å². The molecular formula is C12H16OS3. The fraction of sp³-hybridized carbons (Fsp3) is 0.583. The van der Waals surface area contributed by atoms with Crippen LogP contribution in [0.25, 0.3) is 0 Å². The first-order valence-corrected chi connectivity index (χ1v) is 8.31. The fourth-order valence-corrected chi connectivity index (χ4v) is 6.38. The third-order valence-electron chi connectivity index (χ3n) is 2.85. The second kappa shape index (κ2) is 5.23. The lowest BCUT2D eigenvalue weighted by Gasteiger charge is -2.34. The topological polar surface area (TPSA) is 17.1 Å². The molecule has 0 saturated carbocycles. The highest BCUT2D eigenvalue weighted by molar-refractivity contribution is 8.21. The zero-order valence-electron chi connectivity index (χ0n) is 9.40. The number of thioether (sulfide) groups is 3. The average molecular weight is 272 g/mol. The summed E-state index contributed by atoms with van der Waals surface area (Å²) in [5, 5.41) is 0.574. The van der Waals surface area contributed by atoms with Crippen molar-refractivity contribution in [2.75, 3.05) is 11.5 Å². The Bertz CT molecular complexity index is 329. The minimum Gasteiger partial charge on any atom is -0.288 e. The summed E-state index contributed by atoms with van der Waals surface area (Å²) in [7, 11) is 0. The van der Waals surface area contributed by atoms with Gasteiger partial charge >= 0.3 is 0 Å². The second-order valence-electron chi connectivity index (χ2n) is 3.96. The lowest BCUT2D eigenvalue weighted by atomic mass is 9.98. The molecule has 2 aliphatic rings. The van der Waals surface area contributed by atoms with E-state index in [9.17, 15) is 4.79 Å². The molecule has 1 unspecified atom stereocenters. The van der Waals surface area contributed by atoms with Crippen molar-refractivity contribution >= 4 is 40.4 Å². The first-order valence-electron chi connectivity index (χ1n) is 5.46. The molecule has 1 nitrogen and oxygen atoms in total. The molecular weight excluding hydrogens is 256 g/mol. The predicted molar refractivity (Wildman–Crippen MR) is 77.2 cm³/mol. The maximum Gasteiger partial charge on any atom is 0.186 e. The lowest BCUT2D eigenvalue weighted by molar-refractivity contribution is -0.109. The molecule has 0 aromatic rings. The summed E-state index contributed by atoms with van der Waals surface area (Å²) in [5.41, 5.74) is 1.34. The summed E-state index contributed by atoms with van der Waals surface area (Å²) in [4.78, 5) is 11.1. The van der Waals surface area contributed by atoms with Crippen molar-refractivity contribution in [1.29, 1.82) is 0 Å². The van der Waals surface area contributed by atoms with Crippen molar-refractivity contribution in [3.8, 4) is 0 Å². The van der Waals surface area contributed by atoms with E-state index in [0.29, 0.717) is 5.25 Å². The molecule has 1 heterocycles. The molecule has 0 radical (unpaired) electrons. The SMILES string of the molecule is C=CC1=CC(SC(C)=O)CCC12SCCS2. The normalized spacial score (nSPS) is 27.8. The summed E-state index contributed by atoms with van der Waals surface area (Å²) in [6.07, 6.45) is 6.53. The Labute approximate surface area is 110 Å². The molecule has 0 aromatic carbocycles. The van der Waals surface area contributed by atoms with Crippen molar-refractivity contribution in [2.24, 2.45) is 0 Å². The van der Waals surface area contributed by atoms with Crippen LogP contribution in [-0.4, -0.2) is 25.9 Å². The molecule has 0 amide bonds. The van der Waals surface area contributed by atoms with E-state index in [1.54, 1.807) is 6.92 Å². The van der Waals surface area contributed by atoms with E-state index in [1.807, 2.05) is 29.6 Å². The molecule has 1 aliphatic heterocycles. The fourth-order valence-electron chi connectivity index (χ4n) is 2.18. The lowest BCUT2D eigenvalue weighted by Crippen LogP contribution is -2.26. The van der Waals surface area contributed by atoms with E-state index in [-0.39, 0.29) is 9.19 Å². The first-order chi connectivity index (χ1) is 7.66. The molecule has 1 spiro atoms. The first kappa shape index (κ1) is 12.7. The van der Waals surface area contributed by atoms with Gasteiger partial charge in [-0.3, -0.25) is 4.79 Å². The smallest absolute Gasteiger partial charge is 0.186 e. The van der Waals surface area contributed by atoms with Gasteiger partial charge in [0, 0.05) is 23.7 Å². The van der Waals surface area contributed by atoms with Gasteiger partial charge in [0.1, 0.15) is 0 Å². The van der Waals surface area contributed by atoms with Gasteiger partial charge in [-0.1, -0.05) is 30.5 Å². The monoisotopic (exact) mass is 272 g/mol.